The number of fused-ring (bicyclic) bond motifs is 1. The largest absolute Gasteiger partial charge is 0.472 e. The van der Waals surface area contributed by atoms with Crippen molar-refractivity contribution < 1.29 is 38.6 Å². The Labute approximate surface area is 176 Å². The molecule has 0 radical (unpaired) electrons. The summed E-state index contributed by atoms with van der Waals surface area (Å²) in [7, 11) is -3.32. The van der Waals surface area contributed by atoms with Crippen LogP contribution in [0.15, 0.2) is 11.1 Å². The van der Waals surface area contributed by atoms with Crippen LogP contribution in [0.2, 0.25) is 0 Å². The van der Waals surface area contributed by atoms with Gasteiger partial charge in [-0.1, -0.05) is 6.04 Å². The van der Waals surface area contributed by atoms with Crippen molar-refractivity contribution in [3.63, 3.8) is 0 Å². The minimum atomic E-state index is -4.31. The minimum absolute atomic E-state index is 0.0195. The molecule has 2 aromatic rings. The quantitative estimate of drug-likeness (QED) is 0.184. The summed E-state index contributed by atoms with van der Waals surface area (Å²) in [5.74, 6) is 0.116. The average Bonchev–Trinajstić information content (AvgIpc) is 3.28. The van der Waals surface area contributed by atoms with Crippen molar-refractivity contribution in [2.45, 2.75) is 43.9 Å². The lowest BCUT2D eigenvalue weighted by Crippen LogP contribution is -2.33. The molecule has 15 heteroatoms. The molecule has 0 bridgehead atoms. The molecule has 174 valence electrons. The van der Waals surface area contributed by atoms with Gasteiger partial charge in [0.05, 0.1) is 12.9 Å². The number of imidazole rings is 1. The molecule has 1 saturated heterocycles. The predicted molar refractivity (Wildman–Crippen MR) is 106 cm³/mol. The van der Waals surface area contributed by atoms with Gasteiger partial charge in [0.2, 0.25) is 5.95 Å². The van der Waals surface area contributed by atoms with Crippen molar-refractivity contribution >= 4 is 24.9 Å². The standard InChI is InChI=1S/C16H25N5O9P/c1-3-8(4-5-22)18-16-19-13-10(14(25)20-16)17-7-21(13)15-12(24)11(23)9(30-15)6-29-31(26,27)28-2/h3,7-9,11-12,15,22-24H,4-6H2,1-2H3,(H,26,27)(H2,18,19,20,25)/q-1. The van der Waals surface area contributed by atoms with E-state index < -0.39 is 44.5 Å². The number of hydrogen-bond donors (Lipinski definition) is 6. The number of nitrogens with one attached hydrogen (secondary N) is 2. The zero-order valence-electron chi connectivity index (χ0n) is 16.8. The minimum Gasteiger partial charge on any atom is -0.396 e. The average molecular weight is 462 g/mol. The summed E-state index contributed by atoms with van der Waals surface area (Å²) in [4.78, 5) is 32.6. The lowest BCUT2D eigenvalue weighted by molar-refractivity contribution is -0.0509. The summed E-state index contributed by atoms with van der Waals surface area (Å²) in [6.07, 6.45) is -1.85. The van der Waals surface area contributed by atoms with E-state index in [0.717, 1.165) is 7.11 Å². The maximum Gasteiger partial charge on any atom is 0.472 e. The molecule has 6 N–H and O–H groups in total. The molecule has 3 heterocycles. The molecule has 6 atom stereocenters. The van der Waals surface area contributed by atoms with E-state index in [1.807, 2.05) is 0 Å². The number of aliphatic hydroxyl groups is 3. The van der Waals surface area contributed by atoms with Crippen molar-refractivity contribution in [1.82, 2.24) is 19.5 Å². The van der Waals surface area contributed by atoms with E-state index in [-0.39, 0.29) is 29.8 Å². The summed E-state index contributed by atoms with van der Waals surface area (Å²) in [5, 5.41) is 32.8. The van der Waals surface area contributed by atoms with Crippen LogP contribution in [0.1, 0.15) is 19.6 Å². The Hall–Kier alpha value is -1.90. The van der Waals surface area contributed by atoms with Gasteiger partial charge >= 0.3 is 7.82 Å². The molecule has 2 aromatic heterocycles. The fraction of sp³-hybridized carbons (Fsp3) is 0.625. The van der Waals surface area contributed by atoms with Gasteiger partial charge in [0, 0.05) is 13.7 Å². The van der Waals surface area contributed by atoms with Gasteiger partial charge in [-0.2, -0.15) is 11.9 Å². The summed E-state index contributed by atoms with van der Waals surface area (Å²) in [6, 6.07) is -0.256. The van der Waals surface area contributed by atoms with Gasteiger partial charge in [-0.3, -0.25) is 23.4 Å². The summed E-state index contributed by atoms with van der Waals surface area (Å²) >= 11 is 0. The second-order valence-corrected chi connectivity index (χ2v) is 8.39. The summed E-state index contributed by atoms with van der Waals surface area (Å²) < 4.78 is 27.4. The molecule has 0 saturated carbocycles. The second-order valence-electron chi connectivity index (χ2n) is 6.83. The third-order valence-corrected chi connectivity index (χ3v) is 5.78. The normalized spacial score (nSPS) is 26.8. The number of ether oxygens (including phenoxy) is 1. The SMILES string of the molecule is C[CH-]C(CCO)Nc1nc2c(ncn2C2OC(COP(=O)(O)OC)C(O)C2O)c(=O)[nH]1. The zero-order valence-corrected chi connectivity index (χ0v) is 17.7. The van der Waals surface area contributed by atoms with E-state index in [1.54, 1.807) is 13.3 Å². The number of nitrogens with zero attached hydrogens (tertiary/aromatic N) is 3. The Kier molecular flexibility index (Phi) is 7.44. The molecular formula is C16H25N5O9P-. The highest BCUT2D eigenvalue weighted by Crippen LogP contribution is 2.43. The molecule has 6 unspecified atom stereocenters. The van der Waals surface area contributed by atoms with Crippen LogP contribution < -0.4 is 10.9 Å². The predicted octanol–water partition coefficient (Wildman–Crippen LogP) is -1.11. The van der Waals surface area contributed by atoms with Gasteiger partial charge in [0.25, 0.3) is 5.56 Å². The van der Waals surface area contributed by atoms with Crippen molar-refractivity contribution in [3.8, 4) is 0 Å². The molecule has 1 aliphatic heterocycles. The van der Waals surface area contributed by atoms with E-state index in [4.69, 9.17) is 14.4 Å². The van der Waals surface area contributed by atoms with Crippen LogP contribution in [-0.2, 0) is 18.3 Å². The highest BCUT2D eigenvalue weighted by atomic mass is 31.2. The van der Waals surface area contributed by atoms with Crippen LogP contribution in [0.3, 0.4) is 0 Å². The first-order valence-electron chi connectivity index (χ1n) is 9.39. The number of rotatable bonds is 10. The highest BCUT2D eigenvalue weighted by Gasteiger charge is 2.45. The third kappa shape index (κ3) is 5.13. The number of anilines is 1. The fourth-order valence-corrected chi connectivity index (χ4v) is 3.58. The summed E-state index contributed by atoms with van der Waals surface area (Å²) in [6.45, 7) is 1.19. The summed E-state index contributed by atoms with van der Waals surface area (Å²) in [5.41, 5.74) is -0.485. The van der Waals surface area contributed by atoms with E-state index in [1.165, 1.54) is 10.9 Å². The second kappa shape index (κ2) is 9.71. The Bertz CT molecular complexity index is 998. The molecule has 0 amide bonds. The monoisotopic (exact) mass is 462 g/mol. The Balaban J connectivity index is 1.86. The molecule has 14 nitrogen and oxygen atoms in total. The van der Waals surface area contributed by atoms with Crippen LogP contribution in [0.4, 0.5) is 5.95 Å². The topological polar surface area (TPSA) is 201 Å². The smallest absolute Gasteiger partial charge is 0.396 e. The molecule has 1 fully saturated rings. The van der Waals surface area contributed by atoms with Crippen LogP contribution in [0, 0.1) is 6.42 Å². The molecule has 3 rings (SSSR count). The molecule has 0 aliphatic carbocycles. The number of H-pyrrole nitrogens is 1. The zero-order chi connectivity index (χ0) is 22.8. The van der Waals surface area contributed by atoms with Gasteiger partial charge in [-0.15, -0.1) is 0 Å². The molecule has 0 aromatic carbocycles. The Morgan fingerprint density at radius 2 is 2.19 bits per heavy atom. The van der Waals surface area contributed by atoms with Crippen LogP contribution in [-0.4, -0.2) is 84.4 Å². The van der Waals surface area contributed by atoms with Gasteiger partial charge in [0.1, 0.15) is 18.3 Å². The van der Waals surface area contributed by atoms with Crippen molar-refractivity contribution in [1.29, 1.82) is 0 Å². The van der Waals surface area contributed by atoms with Gasteiger partial charge < -0.3 is 36.7 Å². The van der Waals surface area contributed by atoms with Crippen molar-refractivity contribution in [2.24, 2.45) is 0 Å². The maximum atomic E-state index is 12.4. The van der Waals surface area contributed by atoms with Crippen LogP contribution in [0.25, 0.3) is 11.2 Å². The molecular weight excluding hydrogens is 437 g/mol. The van der Waals surface area contributed by atoms with E-state index in [0.29, 0.717) is 6.42 Å². The number of phosphoric ester groups is 1. The fourth-order valence-electron chi connectivity index (χ4n) is 3.13. The lowest BCUT2D eigenvalue weighted by Gasteiger charge is -2.24. The number of aliphatic hydroxyl groups excluding tert-OH is 3. The van der Waals surface area contributed by atoms with Gasteiger partial charge in [-0.25, -0.2) is 9.55 Å². The number of hydrogen-bond acceptors (Lipinski definition) is 11. The maximum absolute atomic E-state index is 12.4. The van der Waals surface area contributed by atoms with Gasteiger partial charge in [0.15, 0.2) is 17.4 Å². The highest BCUT2D eigenvalue weighted by molar-refractivity contribution is 7.47. The van der Waals surface area contributed by atoms with E-state index in [2.05, 4.69) is 24.8 Å². The van der Waals surface area contributed by atoms with Crippen molar-refractivity contribution in [3.05, 3.63) is 23.1 Å². The number of phosphoric acid groups is 1. The van der Waals surface area contributed by atoms with E-state index >= 15 is 0 Å². The third-order valence-electron chi connectivity index (χ3n) is 4.84. The van der Waals surface area contributed by atoms with E-state index in [9.17, 15) is 24.5 Å². The first-order valence-corrected chi connectivity index (χ1v) is 10.9. The molecule has 31 heavy (non-hydrogen) atoms. The Morgan fingerprint density at radius 3 is 2.84 bits per heavy atom. The van der Waals surface area contributed by atoms with Gasteiger partial charge in [-0.05, 0) is 6.42 Å². The van der Waals surface area contributed by atoms with Crippen LogP contribution in [0.5, 0.6) is 0 Å². The molecule has 1 aliphatic rings. The Morgan fingerprint density at radius 1 is 1.45 bits per heavy atom. The first-order chi connectivity index (χ1) is 14.7. The number of aromatic amines is 1. The first kappa shape index (κ1) is 23.8. The van der Waals surface area contributed by atoms with Crippen molar-refractivity contribution in [2.75, 3.05) is 25.6 Å². The number of aromatic nitrogens is 4. The van der Waals surface area contributed by atoms with Crippen LogP contribution >= 0.6 is 7.82 Å². The lowest BCUT2D eigenvalue weighted by atomic mass is 10.1. The molecule has 0 spiro atoms.